The van der Waals surface area contributed by atoms with E-state index in [1.807, 2.05) is 36.4 Å². The number of carbonyl (C=O) groups is 2. The van der Waals surface area contributed by atoms with Crippen LogP contribution in [-0.2, 0) is 11.2 Å². The van der Waals surface area contributed by atoms with E-state index < -0.39 is 12.1 Å². The Bertz CT molecular complexity index is 741. The van der Waals surface area contributed by atoms with Crippen LogP contribution in [0, 0.1) is 5.92 Å². The molecule has 1 unspecified atom stereocenters. The Morgan fingerprint density at radius 2 is 1.59 bits per heavy atom. The van der Waals surface area contributed by atoms with Gasteiger partial charge < -0.3 is 5.32 Å². The summed E-state index contributed by atoms with van der Waals surface area (Å²) in [5.41, 5.74) is 2.29. The number of rotatable bonds is 5. The Balaban J connectivity index is 1.67. The lowest BCUT2D eigenvalue weighted by Gasteiger charge is -2.37. The van der Waals surface area contributed by atoms with Crippen molar-refractivity contribution in [2.75, 3.05) is 20.1 Å². The average molecular weight is 365 g/mol. The molecule has 3 rings (SSSR count). The van der Waals surface area contributed by atoms with Gasteiger partial charge in [0, 0.05) is 7.05 Å². The van der Waals surface area contributed by atoms with Gasteiger partial charge in [-0.15, -0.1) is 0 Å². The summed E-state index contributed by atoms with van der Waals surface area (Å²) in [5.74, 6) is 0.351. The summed E-state index contributed by atoms with van der Waals surface area (Å²) < 4.78 is 0. The van der Waals surface area contributed by atoms with Gasteiger partial charge in [0.25, 0.3) is 0 Å². The second kappa shape index (κ2) is 9.33. The molecular weight excluding hydrogens is 338 g/mol. The lowest BCUT2D eigenvalue weighted by molar-refractivity contribution is -0.126. The van der Waals surface area contributed by atoms with E-state index in [0.717, 1.165) is 37.9 Å². The molecule has 1 saturated heterocycles. The monoisotopic (exact) mass is 365 g/mol. The third kappa shape index (κ3) is 5.17. The number of hydrogen-bond acceptors (Lipinski definition) is 3. The topological polar surface area (TPSA) is 61.4 Å². The van der Waals surface area contributed by atoms with E-state index in [0.29, 0.717) is 5.92 Å². The van der Waals surface area contributed by atoms with Crippen LogP contribution in [0.15, 0.2) is 60.7 Å². The van der Waals surface area contributed by atoms with Crippen LogP contribution in [0.2, 0.25) is 0 Å². The number of benzene rings is 2. The minimum Gasteiger partial charge on any atom is -0.341 e. The van der Waals surface area contributed by atoms with Crippen LogP contribution in [0.1, 0.15) is 30.0 Å². The number of hydrogen-bond donors (Lipinski definition) is 2. The number of likely N-dealkylation sites (tertiary alicyclic amines) is 1. The Morgan fingerprint density at radius 3 is 2.19 bits per heavy atom. The third-order valence-corrected chi connectivity index (χ3v) is 5.21. The number of carbonyl (C=O) groups excluding carboxylic acids is 2. The van der Waals surface area contributed by atoms with Crippen molar-refractivity contribution >= 4 is 11.9 Å². The molecule has 3 amide bonds. The molecule has 1 heterocycles. The molecule has 27 heavy (non-hydrogen) atoms. The van der Waals surface area contributed by atoms with E-state index in [1.54, 1.807) is 0 Å². The molecule has 5 heteroatoms. The molecule has 0 radical (unpaired) electrons. The van der Waals surface area contributed by atoms with Crippen molar-refractivity contribution in [1.29, 1.82) is 0 Å². The van der Waals surface area contributed by atoms with E-state index in [1.165, 1.54) is 12.6 Å². The molecule has 1 fully saturated rings. The smallest absolute Gasteiger partial charge is 0.321 e. The van der Waals surface area contributed by atoms with E-state index in [2.05, 4.69) is 39.8 Å². The average Bonchev–Trinajstić information content (AvgIpc) is 2.71. The first-order valence-electron chi connectivity index (χ1n) is 9.53. The predicted molar refractivity (Wildman–Crippen MR) is 106 cm³/mol. The van der Waals surface area contributed by atoms with Crippen molar-refractivity contribution < 1.29 is 9.59 Å². The molecule has 2 N–H and O–H groups in total. The molecule has 1 aliphatic heterocycles. The number of nitrogens with zero attached hydrogens (tertiary/aromatic N) is 1. The maximum atomic E-state index is 12.8. The van der Waals surface area contributed by atoms with Gasteiger partial charge in [-0.3, -0.25) is 15.0 Å². The van der Waals surface area contributed by atoms with Crippen molar-refractivity contribution in [3.63, 3.8) is 0 Å². The number of piperidine rings is 1. The molecule has 0 saturated carbocycles. The van der Waals surface area contributed by atoms with Gasteiger partial charge in [0.1, 0.15) is 6.04 Å². The fourth-order valence-electron chi connectivity index (χ4n) is 3.77. The van der Waals surface area contributed by atoms with E-state index in [9.17, 15) is 9.59 Å². The van der Waals surface area contributed by atoms with Crippen LogP contribution in [0.25, 0.3) is 0 Å². The molecule has 0 spiro atoms. The van der Waals surface area contributed by atoms with Gasteiger partial charge in [-0.1, -0.05) is 60.7 Å². The maximum Gasteiger partial charge on any atom is 0.321 e. The Hall–Kier alpha value is -2.66. The zero-order chi connectivity index (χ0) is 19.1. The highest BCUT2D eigenvalue weighted by Gasteiger charge is 2.31. The number of imide groups is 1. The first-order chi connectivity index (χ1) is 13.2. The number of amides is 3. The van der Waals surface area contributed by atoms with Gasteiger partial charge in [-0.2, -0.15) is 0 Å². The molecular formula is C22H27N3O2. The van der Waals surface area contributed by atoms with Crippen molar-refractivity contribution in [1.82, 2.24) is 15.5 Å². The van der Waals surface area contributed by atoms with E-state index >= 15 is 0 Å². The summed E-state index contributed by atoms with van der Waals surface area (Å²) in [6, 6.07) is 19.3. The van der Waals surface area contributed by atoms with Crippen LogP contribution in [0.3, 0.4) is 0 Å². The Kier molecular flexibility index (Phi) is 6.60. The molecule has 5 nitrogen and oxygen atoms in total. The number of nitrogens with one attached hydrogen (secondary N) is 2. The lowest BCUT2D eigenvalue weighted by atomic mass is 9.89. The van der Waals surface area contributed by atoms with Gasteiger partial charge in [0.05, 0.1) is 0 Å². The molecule has 1 atom stereocenters. The number of urea groups is 1. The summed E-state index contributed by atoms with van der Waals surface area (Å²) in [5, 5.41) is 4.90. The summed E-state index contributed by atoms with van der Waals surface area (Å²) in [7, 11) is 1.51. The van der Waals surface area contributed by atoms with Gasteiger partial charge in [0.15, 0.2) is 0 Å². The maximum absolute atomic E-state index is 12.8. The third-order valence-electron chi connectivity index (χ3n) is 5.21. The van der Waals surface area contributed by atoms with E-state index in [4.69, 9.17) is 0 Å². The summed E-state index contributed by atoms with van der Waals surface area (Å²) >= 11 is 0. The summed E-state index contributed by atoms with van der Waals surface area (Å²) in [6.45, 7) is 1.69. The second-order valence-corrected chi connectivity index (χ2v) is 7.05. The fraction of sp³-hybridized carbons (Fsp3) is 0.364. The molecule has 0 bridgehead atoms. The van der Waals surface area contributed by atoms with Gasteiger partial charge in [-0.05, 0) is 49.4 Å². The second-order valence-electron chi connectivity index (χ2n) is 7.05. The quantitative estimate of drug-likeness (QED) is 0.856. The van der Waals surface area contributed by atoms with Gasteiger partial charge >= 0.3 is 6.03 Å². The van der Waals surface area contributed by atoms with Crippen molar-refractivity contribution in [2.45, 2.75) is 25.3 Å². The van der Waals surface area contributed by atoms with Crippen LogP contribution in [0.5, 0.6) is 0 Å². The highest BCUT2D eigenvalue weighted by Crippen LogP contribution is 2.29. The van der Waals surface area contributed by atoms with Crippen LogP contribution >= 0.6 is 0 Å². The molecule has 2 aromatic rings. The molecule has 2 aromatic carbocycles. The predicted octanol–water partition coefficient (Wildman–Crippen LogP) is 3.14. The molecule has 0 aliphatic carbocycles. The standard InChI is InChI=1S/C22H27N3O2/c1-23-22(27)24-21(26)20(19-10-6-3-7-11-19)25-14-12-18(13-15-25)16-17-8-4-2-5-9-17/h2-11,18,20H,12-16H2,1H3,(H2,23,24,26,27). The normalized spacial score (nSPS) is 16.5. The lowest BCUT2D eigenvalue weighted by Crippen LogP contribution is -2.47. The van der Waals surface area contributed by atoms with Crippen molar-refractivity contribution in [3.8, 4) is 0 Å². The van der Waals surface area contributed by atoms with Crippen LogP contribution in [-0.4, -0.2) is 37.0 Å². The molecule has 1 aliphatic rings. The molecule has 0 aromatic heterocycles. The largest absolute Gasteiger partial charge is 0.341 e. The highest BCUT2D eigenvalue weighted by molar-refractivity contribution is 5.97. The molecule has 142 valence electrons. The summed E-state index contributed by atoms with van der Waals surface area (Å²) in [6.07, 6.45) is 3.17. The van der Waals surface area contributed by atoms with Crippen molar-refractivity contribution in [3.05, 3.63) is 71.8 Å². The fourth-order valence-corrected chi connectivity index (χ4v) is 3.77. The van der Waals surface area contributed by atoms with E-state index in [-0.39, 0.29) is 5.91 Å². The minimum absolute atomic E-state index is 0.276. The SMILES string of the molecule is CNC(=O)NC(=O)C(c1ccccc1)N1CCC(Cc2ccccc2)CC1. The first-order valence-corrected chi connectivity index (χ1v) is 9.53. The van der Waals surface area contributed by atoms with Gasteiger partial charge in [-0.25, -0.2) is 4.79 Å². The van der Waals surface area contributed by atoms with Crippen LogP contribution in [0.4, 0.5) is 4.79 Å². The summed E-state index contributed by atoms with van der Waals surface area (Å²) in [4.78, 5) is 26.6. The minimum atomic E-state index is -0.472. The van der Waals surface area contributed by atoms with Crippen LogP contribution < -0.4 is 10.6 Å². The zero-order valence-corrected chi connectivity index (χ0v) is 15.7. The Labute approximate surface area is 160 Å². The first kappa shape index (κ1) is 19.1. The zero-order valence-electron chi connectivity index (χ0n) is 15.7. The van der Waals surface area contributed by atoms with Crippen molar-refractivity contribution in [2.24, 2.45) is 5.92 Å². The Morgan fingerprint density at radius 1 is 1.00 bits per heavy atom. The highest BCUT2D eigenvalue weighted by atomic mass is 16.2. The van der Waals surface area contributed by atoms with Gasteiger partial charge in [0.2, 0.25) is 5.91 Å².